The van der Waals surface area contributed by atoms with Crippen LogP contribution in [0, 0.1) is 5.92 Å². The normalized spacial score (nSPS) is 14.2. The van der Waals surface area contributed by atoms with Crippen molar-refractivity contribution >= 4 is 17.8 Å². The average Bonchev–Trinajstić information content (AvgIpc) is 2.14. The van der Waals surface area contributed by atoms with Crippen LogP contribution in [0.5, 0.6) is 0 Å². The number of carbonyl (C=O) groups excluding carboxylic acids is 1. The number of amides is 1. The zero-order valence-electron chi connectivity index (χ0n) is 9.14. The first-order valence-electron chi connectivity index (χ1n) is 4.76. The highest BCUT2D eigenvalue weighted by atomic mass is 16.4. The molecule has 0 aliphatic rings. The van der Waals surface area contributed by atoms with Crippen molar-refractivity contribution in [2.75, 3.05) is 0 Å². The Balaban J connectivity index is 4.46. The maximum atomic E-state index is 11.4. The quantitative estimate of drug-likeness (QED) is 0.465. The SMILES string of the molecule is CC(C)C(N)C(=O)N[C@@H](CC(=O)O)C(=O)O. The third-order valence-electron chi connectivity index (χ3n) is 2.01. The van der Waals surface area contributed by atoms with Crippen LogP contribution in [-0.4, -0.2) is 40.1 Å². The van der Waals surface area contributed by atoms with Gasteiger partial charge < -0.3 is 21.3 Å². The fourth-order valence-electron chi connectivity index (χ4n) is 0.945. The predicted molar refractivity (Wildman–Crippen MR) is 54.6 cm³/mol. The third-order valence-corrected chi connectivity index (χ3v) is 2.01. The lowest BCUT2D eigenvalue weighted by molar-refractivity contribution is -0.147. The summed E-state index contributed by atoms with van der Waals surface area (Å²) in [5.74, 6) is -3.51. The van der Waals surface area contributed by atoms with Crippen molar-refractivity contribution in [1.82, 2.24) is 5.32 Å². The van der Waals surface area contributed by atoms with E-state index >= 15 is 0 Å². The van der Waals surface area contributed by atoms with E-state index in [2.05, 4.69) is 5.32 Å². The van der Waals surface area contributed by atoms with Gasteiger partial charge in [0.05, 0.1) is 12.5 Å². The van der Waals surface area contributed by atoms with Crippen LogP contribution in [0.3, 0.4) is 0 Å². The Labute approximate surface area is 92.6 Å². The summed E-state index contributed by atoms with van der Waals surface area (Å²) < 4.78 is 0. The fourth-order valence-corrected chi connectivity index (χ4v) is 0.945. The molecule has 0 aromatic rings. The van der Waals surface area contributed by atoms with Crippen molar-refractivity contribution < 1.29 is 24.6 Å². The Bertz CT molecular complexity index is 290. The summed E-state index contributed by atoms with van der Waals surface area (Å²) in [7, 11) is 0. The summed E-state index contributed by atoms with van der Waals surface area (Å²) >= 11 is 0. The van der Waals surface area contributed by atoms with Gasteiger partial charge in [0.1, 0.15) is 6.04 Å². The molecule has 0 aliphatic carbocycles. The number of hydrogen-bond acceptors (Lipinski definition) is 4. The number of nitrogens with one attached hydrogen (secondary N) is 1. The summed E-state index contributed by atoms with van der Waals surface area (Å²) in [6.45, 7) is 3.41. The molecule has 0 fully saturated rings. The van der Waals surface area contributed by atoms with Gasteiger partial charge in [-0.15, -0.1) is 0 Å². The van der Waals surface area contributed by atoms with E-state index in [1.165, 1.54) is 0 Å². The molecule has 7 heteroatoms. The molecule has 0 aliphatic heterocycles. The first kappa shape index (κ1) is 14.4. The van der Waals surface area contributed by atoms with Gasteiger partial charge in [-0.1, -0.05) is 13.8 Å². The van der Waals surface area contributed by atoms with E-state index in [0.717, 1.165) is 0 Å². The third kappa shape index (κ3) is 4.74. The summed E-state index contributed by atoms with van der Waals surface area (Å²) in [5.41, 5.74) is 5.49. The monoisotopic (exact) mass is 232 g/mol. The minimum Gasteiger partial charge on any atom is -0.481 e. The molecule has 7 nitrogen and oxygen atoms in total. The van der Waals surface area contributed by atoms with Gasteiger partial charge in [-0.05, 0) is 5.92 Å². The molecule has 92 valence electrons. The van der Waals surface area contributed by atoms with Gasteiger partial charge in [-0.2, -0.15) is 0 Å². The molecule has 0 saturated carbocycles. The van der Waals surface area contributed by atoms with Crippen LogP contribution < -0.4 is 11.1 Å². The van der Waals surface area contributed by atoms with Crippen LogP contribution in [0.2, 0.25) is 0 Å². The van der Waals surface area contributed by atoms with Crippen LogP contribution in [0.25, 0.3) is 0 Å². The molecule has 0 rings (SSSR count). The number of hydrogen-bond donors (Lipinski definition) is 4. The highest BCUT2D eigenvalue weighted by molar-refractivity contribution is 5.89. The number of rotatable bonds is 6. The van der Waals surface area contributed by atoms with E-state index in [0.29, 0.717) is 0 Å². The van der Waals surface area contributed by atoms with E-state index in [1.54, 1.807) is 13.8 Å². The smallest absolute Gasteiger partial charge is 0.326 e. The molecule has 0 aromatic carbocycles. The molecule has 0 heterocycles. The number of aliphatic carboxylic acids is 2. The lowest BCUT2D eigenvalue weighted by Crippen LogP contribution is -2.50. The van der Waals surface area contributed by atoms with Crippen molar-refractivity contribution in [3.8, 4) is 0 Å². The molecule has 0 aromatic heterocycles. The van der Waals surface area contributed by atoms with Crippen molar-refractivity contribution in [3.05, 3.63) is 0 Å². The van der Waals surface area contributed by atoms with E-state index < -0.39 is 36.4 Å². The van der Waals surface area contributed by atoms with Gasteiger partial charge in [0, 0.05) is 0 Å². The summed E-state index contributed by atoms with van der Waals surface area (Å²) in [4.78, 5) is 32.4. The molecule has 1 unspecified atom stereocenters. The molecule has 0 saturated heterocycles. The van der Waals surface area contributed by atoms with Gasteiger partial charge in [0.25, 0.3) is 0 Å². The molecule has 5 N–H and O–H groups in total. The first-order chi connectivity index (χ1) is 7.25. The molecule has 0 bridgehead atoms. The topological polar surface area (TPSA) is 130 Å². The van der Waals surface area contributed by atoms with Crippen molar-refractivity contribution in [3.63, 3.8) is 0 Å². The van der Waals surface area contributed by atoms with Gasteiger partial charge >= 0.3 is 11.9 Å². The number of carbonyl (C=O) groups is 3. The Kier molecular flexibility index (Phi) is 5.44. The minimum absolute atomic E-state index is 0.153. The van der Waals surface area contributed by atoms with Gasteiger partial charge in [-0.25, -0.2) is 4.79 Å². The maximum absolute atomic E-state index is 11.4. The predicted octanol–water partition coefficient (Wildman–Crippen LogP) is -0.986. The Morgan fingerprint density at radius 3 is 2.06 bits per heavy atom. The van der Waals surface area contributed by atoms with E-state index in [-0.39, 0.29) is 5.92 Å². The molecule has 0 spiro atoms. The summed E-state index contributed by atoms with van der Waals surface area (Å²) in [6.07, 6.45) is -0.675. The zero-order valence-corrected chi connectivity index (χ0v) is 9.14. The Morgan fingerprint density at radius 1 is 1.25 bits per heavy atom. The molecule has 0 radical (unpaired) electrons. The second-order valence-corrected chi connectivity index (χ2v) is 3.77. The molecule has 2 atom stereocenters. The average molecular weight is 232 g/mol. The lowest BCUT2D eigenvalue weighted by Gasteiger charge is -2.18. The van der Waals surface area contributed by atoms with Gasteiger partial charge in [0.15, 0.2) is 0 Å². The van der Waals surface area contributed by atoms with Crippen LogP contribution in [0.15, 0.2) is 0 Å². The molecular weight excluding hydrogens is 216 g/mol. The highest BCUT2D eigenvalue weighted by Crippen LogP contribution is 2.00. The van der Waals surface area contributed by atoms with Crippen molar-refractivity contribution in [2.24, 2.45) is 11.7 Å². The highest BCUT2D eigenvalue weighted by Gasteiger charge is 2.26. The number of carboxylic acid groups (broad SMARTS) is 2. The molecule has 1 amide bonds. The van der Waals surface area contributed by atoms with Crippen LogP contribution in [0.4, 0.5) is 0 Å². The largest absolute Gasteiger partial charge is 0.481 e. The molecule has 16 heavy (non-hydrogen) atoms. The summed E-state index contributed by atoms with van der Waals surface area (Å²) in [5, 5.41) is 19.2. The maximum Gasteiger partial charge on any atom is 0.326 e. The number of nitrogens with two attached hydrogens (primary N) is 1. The minimum atomic E-state index is -1.45. The van der Waals surface area contributed by atoms with Crippen LogP contribution >= 0.6 is 0 Å². The Morgan fingerprint density at radius 2 is 1.75 bits per heavy atom. The second-order valence-electron chi connectivity index (χ2n) is 3.77. The summed E-state index contributed by atoms with van der Waals surface area (Å²) in [6, 6.07) is -2.30. The Hall–Kier alpha value is -1.63. The fraction of sp³-hybridized carbons (Fsp3) is 0.667. The van der Waals surface area contributed by atoms with E-state index in [4.69, 9.17) is 15.9 Å². The van der Waals surface area contributed by atoms with Crippen LogP contribution in [-0.2, 0) is 14.4 Å². The van der Waals surface area contributed by atoms with E-state index in [1.807, 2.05) is 0 Å². The van der Waals surface area contributed by atoms with Crippen molar-refractivity contribution in [2.45, 2.75) is 32.4 Å². The second kappa shape index (κ2) is 6.06. The standard InChI is InChI=1S/C9H16N2O5/c1-4(2)7(10)8(14)11-5(9(15)16)3-6(12)13/h4-5,7H,3,10H2,1-2H3,(H,11,14)(H,12,13)(H,15,16)/t5-,7?/m0/s1. The number of carboxylic acids is 2. The zero-order chi connectivity index (χ0) is 12.9. The van der Waals surface area contributed by atoms with E-state index in [9.17, 15) is 14.4 Å². The molecular formula is C9H16N2O5. The van der Waals surface area contributed by atoms with Crippen molar-refractivity contribution in [1.29, 1.82) is 0 Å². The first-order valence-corrected chi connectivity index (χ1v) is 4.76. The van der Waals surface area contributed by atoms with Gasteiger partial charge in [0.2, 0.25) is 5.91 Å². The lowest BCUT2D eigenvalue weighted by atomic mass is 10.0. The van der Waals surface area contributed by atoms with Gasteiger partial charge in [-0.3, -0.25) is 9.59 Å². The van der Waals surface area contributed by atoms with Crippen LogP contribution in [0.1, 0.15) is 20.3 Å².